The van der Waals surface area contributed by atoms with E-state index >= 15 is 0 Å². The van der Waals surface area contributed by atoms with Crippen molar-refractivity contribution in [2.24, 2.45) is 0 Å². The molecule has 94 valence electrons. The SMILES string of the molecule is CC(=O)C1(O)CCC(c2ccc(C#N)cc2)CC1. The number of Topliss-reactive ketones (excluding diaryl/α,β-unsaturated/α-hetero) is 1. The van der Waals surface area contributed by atoms with Crippen LogP contribution in [0.25, 0.3) is 0 Å². The van der Waals surface area contributed by atoms with Crippen LogP contribution in [0.1, 0.15) is 49.7 Å². The van der Waals surface area contributed by atoms with Gasteiger partial charge in [-0.15, -0.1) is 0 Å². The first-order chi connectivity index (χ1) is 8.55. The Morgan fingerprint density at radius 2 is 1.89 bits per heavy atom. The lowest BCUT2D eigenvalue weighted by atomic mass is 9.74. The molecule has 0 saturated heterocycles. The maximum absolute atomic E-state index is 11.4. The Hall–Kier alpha value is -1.66. The van der Waals surface area contributed by atoms with Gasteiger partial charge in [0.25, 0.3) is 0 Å². The average Bonchev–Trinajstić information content (AvgIpc) is 2.40. The van der Waals surface area contributed by atoms with E-state index in [0.717, 1.165) is 12.8 Å². The van der Waals surface area contributed by atoms with E-state index in [1.54, 1.807) is 0 Å². The Labute approximate surface area is 107 Å². The van der Waals surface area contributed by atoms with Crippen LogP contribution in [0.5, 0.6) is 0 Å². The third-order valence-corrected chi connectivity index (χ3v) is 3.98. The van der Waals surface area contributed by atoms with Crippen molar-refractivity contribution in [2.45, 2.75) is 44.1 Å². The second-order valence-corrected chi connectivity index (χ2v) is 5.10. The lowest BCUT2D eigenvalue weighted by Crippen LogP contribution is -2.40. The van der Waals surface area contributed by atoms with Crippen molar-refractivity contribution >= 4 is 5.78 Å². The molecule has 0 aliphatic heterocycles. The number of nitriles is 1. The summed E-state index contributed by atoms with van der Waals surface area (Å²) in [5.41, 5.74) is 0.748. The van der Waals surface area contributed by atoms with E-state index in [1.807, 2.05) is 24.3 Å². The molecule has 0 bridgehead atoms. The van der Waals surface area contributed by atoms with E-state index in [1.165, 1.54) is 12.5 Å². The molecule has 3 nitrogen and oxygen atoms in total. The van der Waals surface area contributed by atoms with Gasteiger partial charge in [-0.25, -0.2) is 0 Å². The fourth-order valence-corrected chi connectivity index (χ4v) is 2.61. The minimum atomic E-state index is -1.11. The molecule has 0 heterocycles. The highest BCUT2D eigenvalue weighted by atomic mass is 16.3. The summed E-state index contributed by atoms with van der Waals surface area (Å²) in [6.45, 7) is 1.46. The van der Waals surface area contributed by atoms with Gasteiger partial charge in [-0.1, -0.05) is 12.1 Å². The molecular formula is C15H17NO2. The second kappa shape index (κ2) is 4.91. The highest BCUT2D eigenvalue weighted by Crippen LogP contribution is 2.38. The Morgan fingerprint density at radius 3 is 2.33 bits per heavy atom. The summed E-state index contributed by atoms with van der Waals surface area (Å²) in [5.74, 6) is 0.262. The zero-order valence-corrected chi connectivity index (χ0v) is 10.5. The monoisotopic (exact) mass is 243 g/mol. The van der Waals surface area contributed by atoms with Crippen LogP contribution in [-0.2, 0) is 4.79 Å². The molecular weight excluding hydrogens is 226 g/mol. The topological polar surface area (TPSA) is 61.1 Å². The molecule has 1 saturated carbocycles. The summed E-state index contributed by atoms with van der Waals surface area (Å²) in [6, 6.07) is 9.69. The van der Waals surface area contributed by atoms with Crippen molar-refractivity contribution in [2.75, 3.05) is 0 Å². The quantitative estimate of drug-likeness (QED) is 0.868. The predicted octanol–water partition coefficient (Wildman–Crippen LogP) is 2.54. The summed E-state index contributed by atoms with van der Waals surface area (Å²) in [7, 11) is 0. The Kier molecular flexibility index (Phi) is 3.49. The van der Waals surface area contributed by atoms with Crippen molar-refractivity contribution in [3.05, 3.63) is 35.4 Å². The van der Waals surface area contributed by atoms with Gasteiger partial charge in [0.05, 0.1) is 11.6 Å². The zero-order chi connectivity index (χ0) is 13.2. The average molecular weight is 243 g/mol. The molecule has 0 aromatic heterocycles. The number of carbonyl (C=O) groups excluding carboxylic acids is 1. The minimum absolute atomic E-state index is 0.124. The van der Waals surface area contributed by atoms with Gasteiger partial charge in [-0.3, -0.25) is 4.79 Å². The van der Waals surface area contributed by atoms with Crippen LogP contribution in [0.4, 0.5) is 0 Å². The predicted molar refractivity (Wildman–Crippen MR) is 68.0 cm³/mol. The van der Waals surface area contributed by atoms with Gasteiger partial charge in [-0.05, 0) is 56.2 Å². The van der Waals surface area contributed by atoms with Gasteiger partial charge in [0.1, 0.15) is 5.60 Å². The minimum Gasteiger partial charge on any atom is -0.382 e. The number of ketones is 1. The van der Waals surface area contributed by atoms with E-state index in [-0.39, 0.29) is 5.78 Å². The molecule has 2 rings (SSSR count). The number of benzene rings is 1. The molecule has 1 aromatic carbocycles. The molecule has 0 spiro atoms. The lowest BCUT2D eigenvalue weighted by molar-refractivity contribution is -0.138. The van der Waals surface area contributed by atoms with E-state index < -0.39 is 5.60 Å². The van der Waals surface area contributed by atoms with E-state index in [2.05, 4.69) is 6.07 Å². The van der Waals surface area contributed by atoms with Crippen molar-refractivity contribution in [3.63, 3.8) is 0 Å². The highest BCUT2D eigenvalue weighted by Gasteiger charge is 2.37. The zero-order valence-electron chi connectivity index (χ0n) is 10.5. The number of aliphatic hydroxyl groups is 1. The summed E-state index contributed by atoms with van der Waals surface area (Å²) in [5, 5.41) is 18.9. The van der Waals surface area contributed by atoms with Crippen LogP contribution in [0.2, 0.25) is 0 Å². The van der Waals surface area contributed by atoms with Gasteiger partial charge in [0, 0.05) is 0 Å². The number of nitrogens with zero attached hydrogens (tertiary/aromatic N) is 1. The molecule has 1 fully saturated rings. The van der Waals surface area contributed by atoms with Crippen molar-refractivity contribution in [3.8, 4) is 6.07 Å². The van der Waals surface area contributed by atoms with Crippen LogP contribution in [0, 0.1) is 11.3 Å². The molecule has 0 radical (unpaired) electrons. The van der Waals surface area contributed by atoms with Crippen molar-refractivity contribution in [1.29, 1.82) is 5.26 Å². The summed E-state index contributed by atoms with van der Waals surface area (Å²) < 4.78 is 0. The molecule has 0 amide bonds. The lowest BCUT2D eigenvalue weighted by Gasteiger charge is -2.34. The first-order valence-corrected chi connectivity index (χ1v) is 6.28. The van der Waals surface area contributed by atoms with Crippen LogP contribution in [0.15, 0.2) is 24.3 Å². The number of hydrogen-bond acceptors (Lipinski definition) is 3. The standard InChI is InChI=1S/C15H17NO2/c1-11(17)15(18)8-6-14(7-9-15)13-4-2-12(10-16)3-5-13/h2-5,14,18H,6-9H2,1H3. The largest absolute Gasteiger partial charge is 0.382 e. The second-order valence-electron chi connectivity index (χ2n) is 5.10. The highest BCUT2D eigenvalue weighted by molar-refractivity contribution is 5.84. The first-order valence-electron chi connectivity index (χ1n) is 6.28. The van der Waals surface area contributed by atoms with Gasteiger partial charge in [-0.2, -0.15) is 5.26 Å². The van der Waals surface area contributed by atoms with E-state index in [9.17, 15) is 9.90 Å². The fourth-order valence-electron chi connectivity index (χ4n) is 2.61. The summed E-state index contributed by atoms with van der Waals surface area (Å²) in [4.78, 5) is 11.4. The van der Waals surface area contributed by atoms with Gasteiger partial charge >= 0.3 is 0 Å². The number of hydrogen-bond donors (Lipinski definition) is 1. The van der Waals surface area contributed by atoms with Crippen LogP contribution in [-0.4, -0.2) is 16.5 Å². The van der Waals surface area contributed by atoms with E-state index in [0.29, 0.717) is 24.3 Å². The molecule has 0 unspecified atom stereocenters. The maximum Gasteiger partial charge on any atom is 0.161 e. The van der Waals surface area contributed by atoms with E-state index in [4.69, 9.17) is 5.26 Å². The number of carbonyl (C=O) groups is 1. The summed E-state index contributed by atoms with van der Waals surface area (Å²) >= 11 is 0. The molecule has 1 aliphatic rings. The van der Waals surface area contributed by atoms with Crippen LogP contribution in [0.3, 0.4) is 0 Å². The third kappa shape index (κ3) is 2.44. The molecule has 18 heavy (non-hydrogen) atoms. The maximum atomic E-state index is 11.4. The molecule has 3 heteroatoms. The third-order valence-electron chi connectivity index (χ3n) is 3.98. The Morgan fingerprint density at radius 1 is 1.33 bits per heavy atom. The molecule has 1 N–H and O–H groups in total. The smallest absolute Gasteiger partial charge is 0.161 e. The molecule has 1 aliphatic carbocycles. The van der Waals surface area contributed by atoms with Crippen LogP contribution >= 0.6 is 0 Å². The number of rotatable bonds is 2. The molecule has 1 aromatic rings. The fraction of sp³-hybridized carbons (Fsp3) is 0.467. The normalized spacial score (nSPS) is 27.5. The molecule has 0 atom stereocenters. The van der Waals surface area contributed by atoms with Gasteiger partial charge in [0.15, 0.2) is 5.78 Å². The van der Waals surface area contributed by atoms with Crippen LogP contribution < -0.4 is 0 Å². The Balaban J connectivity index is 2.05. The van der Waals surface area contributed by atoms with Crippen molar-refractivity contribution < 1.29 is 9.90 Å². The Bertz CT molecular complexity index is 476. The summed E-state index contributed by atoms with van der Waals surface area (Å²) in [6.07, 6.45) is 2.71. The first kappa shape index (κ1) is 12.8. The van der Waals surface area contributed by atoms with Gasteiger partial charge < -0.3 is 5.11 Å². The van der Waals surface area contributed by atoms with Crippen molar-refractivity contribution in [1.82, 2.24) is 0 Å². The van der Waals surface area contributed by atoms with Gasteiger partial charge in [0.2, 0.25) is 0 Å².